The van der Waals surface area contributed by atoms with Crippen LogP contribution in [0.3, 0.4) is 0 Å². The van der Waals surface area contributed by atoms with Crippen LogP contribution in [0.15, 0.2) is 41.4 Å². The first-order valence-electron chi connectivity index (χ1n) is 8.98. The van der Waals surface area contributed by atoms with Crippen molar-refractivity contribution in [2.75, 3.05) is 36.5 Å². The van der Waals surface area contributed by atoms with E-state index in [1.165, 1.54) is 0 Å². The van der Waals surface area contributed by atoms with Gasteiger partial charge in [-0.05, 0) is 18.6 Å². The van der Waals surface area contributed by atoms with E-state index in [0.717, 1.165) is 42.3 Å². The zero-order chi connectivity index (χ0) is 18.9. The summed E-state index contributed by atoms with van der Waals surface area (Å²) in [6.45, 7) is 3.85. The number of nitrogens with one attached hydrogen (secondary N) is 1. The summed E-state index contributed by atoms with van der Waals surface area (Å²) in [5, 5.41) is 3.42. The van der Waals surface area contributed by atoms with Crippen LogP contribution >= 0.6 is 0 Å². The summed E-state index contributed by atoms with van der Waals surface area (Å²) in [5.74, 6) is -1.77. The minimum Gasteiger partial charge on any atom is -0.393 e. The number of carbonyl (C=O) groups excluding carboxylic acids is 2. The Bertz CT molecular complexity index is 799. The number of aliphatic imine (C=N–C) groups is 1. The van der Waals surface area contributed by atoms with E-state index in [0.29, 0.717) is 12.5 Å². The van der Waals surface area contributed by atoms with Crippen LogP contribution in [0, 0.1) is 5.92 Å². The van der Waals surface area contributed by atoms with Gasteiger partial charge in [0, 0.05) is 31.2 Å². The van der Waals surface area contributed by atoms with Gasteiger partial charge in [0.2, 0.25) is 0 Å². The first kappa shape index (κ1) is 17.5. The molecule has 0 amide bonds. The number of para-hydroxylation sites is 2. The van der Waals surface area contributed by atoms with Crippen molar-refractivity contribution in [1.82, 2.24) is 0 Å². The largest absolute Gasteiger partial charge is 0.395 e. The van der Waals surface area contributed by atoms with Crippen LogP contribution in [0.2, 0.25) is 0 Å². The highest BCUT2D eigenvalue weighted by Crippen LogP contribution is 2.32. The summed E-state index contributed by atoms with van der Waals surface area (Å²) >= 11 is 0. The maximum atomic E-state index is 11.8. The predicted octanol–water partition coefficient (Wildman–Crippen LogP) is 1.68. The lowest BCUT2D eigenvalue weighted by molar-refractivity contribution is -0.341. The maximum absolute atomic E-state index is 11.8. The Morgan fingerprint density at radius 3 is 2.63 bits per heavy atom. The fourth-order valence-electron chi connectivity index (χ4n) is 3.36. The van der Waals surface area contributed by atoms with Crippen LogP contribution < -0.4 is 10.2 Å². The Morgan fingerprint density at radius 1 is 1.19 bits per heavy atom. The van der Waals surface area contributed by atoms with Crippen LogP contribution in [0.5, 0.6) is 0 Å². The van der Waals surface area contributed by atoms with Gasteiger partial charge in [-0.1, -0.05) is 19.1 Å². The van der Waals surface area contributed by atoms with Gasteiger partial charge < -0.3 is 24.4 Å². The number of anilines is 2. The summed E-state index contributed by atoms with van der Waals surface area (Å²) in [6.07, 6.45) is 3.10. The number of ether oxygens (including phenoxy) is 3. The van der Waals surface area contributed by atoms with Gasteiger partial charge in [0.15, 0.2) is 0 Å². The van der Waals surface area contributed by atoms with Gasteiger partial charge in [0.1, 0.15) is 12.4 Å². The molecule has 1 saturated heterocycles. The Labute approximate surface area is 156 Å². The molecule has 0 saturated carbocycles. The number of hydrogen-bond acceptors (Lipinski definition) is 8. The summed E-state index contributed by atoms with van der Waals surface area (Å²) in [5.41, 5.74) is 1.79. The monoisotopic (exact) mass is 371 g/mol. The molecule has 1 unspecified atom stereocenters. The normalized spacial score (nSPS) is 24.3. The number of rotatable bonds is 2. The van der Waals surface area contributed by atoms with E-state index in [-0.39, 0.29) is 13.2 Å². The Hall–Kier alpha value is -2.87. The molecular weight excluding hydrogens is 350 g/mol. The second-order valence-electron chi connectivity index (χ2n) is 6.73. The minimum absolute atomic E-state index is 0.0763. The molecule has 142 valence electrons. The van der Waals surface area contributed by atoms with E-state index in [1.807, 2.05) is 29.2 Å². The average molecular weight is 371 g/mol. The molecule has 27 heavy (non-hydrogen) atoms. The highest BCUT2D eigenvalue weighted by molar-refractivity contribution is 6.00. The van der Waals surface area contributed by atoms with Crippen molar-refractivity contribution in [3.8, 4) is 0 Å². The Morgan fingerprint density at radius 2 is 1.93 bits per heavy atom. The first-order chi connectivity index (χ1) is 13.0. The molecule has 3 heterocycles. The van der Waals surface area contributed by atoms with Crippen LogP contribution in [0.25, 0.3) is 0 Å². The van der Waals surface area contributed by atoms with Crippen molar-refractivity contribution in [2.45, 2.75) is 19.3 Å². The third-order valence-electron chi connectivity index (χ3n) is 4.75. The molecular formula is C19H21N3O5. The number of morpholine rings is 1. The SMILES string of the molecule is CC1CCN=C1Nc1ccccc1N1CCOC2(C1)OC(=O)C=CC(=O)O2. The maximum Gasteiger partial charge on any atom is 0.395 e. The lowest BCUT2D eigenvalue weighted by Gasteiger charge is -2.40. The summed E-state index contributed by atoms with van der Waals surface area (Å²) in [4.78, 5) is 30.1. The highest BCUT2D eigenvalue weighted by Gasteiger charge is 2.46. The lowest BCUT2D eigenvalue weighted by Crippen LogP contribution is -2.56. The molecule has 1 spiro atoms. The summed E-state index contributed by atoms with van der Waals surface area (Å²) in [7, 11) is 0. The number of esters is 2. The highest BCUT2D eigenvalue weighted by atomic mass is 16.9. The van der Waals surface area contributed by atoms with E-state index in [4.69, 9.17) is 14.2 Å². The van der Waals surface area contributed by atoms with Gasteiger partial charge in [-0.15, -0.1) is 0 Å². The number of hydrogen-bond donors (Lipinski definition) is 1. The molecule has 1 fully saturated rings. The average Bonchev–Trinajstić information content (AvgIpc) is 2.99. The second-order valence-corrected chi connectivity index (χ2v) is 6.73. The molecule has 8 nitrogen and oxygen atoms in total. The third-order valence-corrected chi connectivity index (χ3v) is 4.75. The minimum atomic E-state index is -1.75. The van der Waals surface area contributed by atoms with E-state index < -0.39 is 17.9 Å². The van der Waals surface area contributed by atoms with Gasteiger partial charge in [0.25, 0.3) is 0 Å². The molecule has 4 rings (SSSR count). The van der Waals surface area contributed by atoms with Crippen LogP contribution in [0.4, 0.5) is 11.4 Å². The molecule has 1 atom stereocenters. The smallest absolute Gasteiger partial charge is 0.393 e. The summed E-state index contributed by atoms with van der Waals surface area (Å²) in [6, 6.07) is 7.80. The van der Waals surface area contributed by atoms with Crippen molar-refractivity contribution in [3.05, 3.63) is 36.4 Å². The van der Waals surface area contributed by atoms with E-state index in [1.54, 1.807) is 0 Å². The van der Waals surface area contributed by atoms with Crippen molar-refractivity contribution in [2.24, 2.45) is 10.9 Å². The zero-order valence-electron chi connectivity index (χ0n) is 15.0. The fourth-order valence-corrected chi connectivity index (χ4v) is 3.36. The molecule has 8 heteroatoms. The first-order valence-corrected chi connectivity index (χ1v) is 8.98. The van der Waals surface area contributed by atoms with Crippen LogP contribution in [-0.2, 0) is 23.8 Å². The second kappa shape index (κ2) is 7.03. The van der Waals surface area contributed by atoms with Gasteiger partial charge in [-0.25, -0.2) is 9.59 Å². The molecule has 0 aromatic heterocycles. The lowest BCUT2D eigenvalue weighted by atomic mass is 10.1. The number of benzene rings is 1. The molecule has 1 aromatic carbocycles. The van der Waals surface area contributed by atoms with E-state index >= 15 is 0 Å². The molecule has 0 aliphatic carbocycles. The molecule has 0 radical (unpaired) electrons. The predicted molar refractivity (Wildman–Crippen MR) is 98.4 cm³/mol. The van der Waals surface area contributed by atoms with Crippen molar-refractivity contribution in [1.29, 1.82) is 0 Å². The van der Waals surface area contributed by atoms with Gasteiger partial charge >= 0.3 is 17.9 Å². The van der Waals surface area contributed by atoms with Crippen molar-refractivity contribution < 1.29 is 23.8 Å². The van der Waals surface area contributed by atoms with E-state index in [9.17, 15) is 9.59 Å². The molecule has 1 N–H and O–H groups in total. The molecule has 3 aliphatic heterocycles. The molecule has 3 aliphatic rings. The molecule has 1 aromatic rings. The fraction of sp³-hybridized carbons (Fsp3) is 0.421. The van der Waals surface area contributed by atoms with Crippen LogP contribution in [-0.4, -0.2) is 50.0 Å². The quantitative estimate of drug-likeness (QED) is 0.791. The number of nitrogens with zero attached hydrogens (tertiary/aromatic N) is 2. The van der Waals surface area contributed by atoms with Crippen LogP contribution in [0.1, 0.15) is 13.3 Å². The topological polar surface area (TPSA) is 89.5 Å². The Kier molecular flexibility index (Phi) is 4.57. The van der Waals surface area contributed by atoms with Crippen molar-refractivity contribution in [3.63, 3.8) is 0 Å². The van der Waals surface area contributed by atoms with E-state index in [2.05, 4.69) is 17.2 Å². The molecule has 0 bridgehead atoms. The summed E-state index contributed by atoms with van der Waals surface area (Å²) < 4.78 is 16.1. The third kappa shape index (κ3) is 3.66. The zero-order valence-corrected chi connectivity index (χ0v) is 15.0. The standard InChI is InChI=1S/C19H21N3O5/c1-13-8-9-20-18(13)21-14-4-2-3-5-15(14)22-10-11-25-19(12-22)26-16(23)6-7-17(24)27-19/h2-7,13H,8-12H2,1H3,(H,20,21). The number of carbonyl (C=O) groups is 2. The Balaban J connectivity index is 1.58. The van der Waals surface area contributed by atoms with Crippen molar-refractivity contribution >= 4 is 29.1 Å². The van der Waals surface area contributed by atoms with Gasteiger partial charge in [-0.2, -0.15) is 0 Å². The number of amidine groups is 1. The van der Waals surface area contributed by atoms with Gasteiger partial charge in [-0.3, -0.25) is 4.99 Å². The van der Waals surface area contributed by atoms with Gasteiger partial charge in [0.05, 0.1) is 18.0 Å².